The van der Waals surface area contributed by atoms with Crippen molar-refractivity contribution in [2.45, 2.75) is 38.9 Å². The zero-order valence-electron chi connectivity index (χ0n) is 9.36. The Hall–Kier alpha value is -1.15. The molecule has 0 atom stereocenters. The predicted molar refractivity (Wildman–Crippen MR) is 60.4 cm³/mol. The van der Waals surface area contributed by atoms with Crippen LogP contribution in [-0.4, -0.2) is 16.7 Å². The Morgan fingerprint density at radius 1 is 1.27 bits per heavy atom. The van der Waals surface area contributed by atoms with Gasteiger partial charge in [0.05, 0.1) is 0 Å². The summed E-state index contributed by atoms with van der Waals surface area (Å²) in [6.07, 6.45) is 1.62. The fraction of sp³-hybridized carbons (Fsp3) is 0.462. The highest BCUT2D eigenvalue weighted by molar-refractivity contribution is 5.51. The second-order valence-electron chi connectivity index (χ2n) is 4.81. The lowest BCUT2D eigenvalue weighted by atomic mass is 9.99. The van der Waals surface area contributed by atoms with Crippen LogP contribution in [0.4, 0.5) is 0 Å². The smallest absolute Gasteiger partial charge is 0.121 e. The summed E-state index contributed by atoms with van der Waals surface area (Å²) < 4.78 is 0. The van der Waals surface area contributed by atoms with Crippen LogP contribution >= 0.6 is 0 Å². The van der Waals surface area contributed by atoms with Crippen LogP contribution in [0.3, 0.4) is 0 Å². The molecule has 80 valence electrons. The number of fused-ring (bicyclic) bond motifs is 1. The van der Waals surface area contributed by atoms with Crippen molar-refractivity contribution in [3.63, 3.8) is 0 Å². The maximum Gasteiger partial charge on any atom is 0.121 e. The van der Waals surface area contributed by atoms with E-state index in [0.29, 0.717) is 6.42 Å². The molecule has 1 aromatic rings. The zero-order chi connectivity index (χ0) is 10.9. The molecule has 0 spiro atoms. The Labute approximate surface area is 90.9 Å². The zero-order valence-corrected chi connectivity index (χ0v) is 9.36. The minimum absolute atomic E-state index is 0.0270. The molecule has 0 amide bonds. The molecule has 1 aliphatic rings. The van der Waals surface area contributed by atoms with Gasteiger partial charge in [0.25, 0.3) is 0 Å². The maximum absolute atomic E-state index is 10.6. The summed E-state index contributed by atoms with van der Waals surface area (Å²) in [6, 6.07) is 8.50. The van der Waals surface area contributed by atoms with Crippen molar-refractivity contribution in [3.8, 4) is 0 Å². The fourth-order valence-corrected chi connectivity index (χ4v) is 2.09. The standard InChI is InChI=1S/C13H17NO/c1-13(2,7-8-15)14-9-11-5-3-4-6-12(11)10-14/h3-6,8H,7,9-10H2,1-2H3. The summed E-state index contributed by atoms with van der Waals surface area (Å²) >= 11 is 0. The molecule has 0 unspecified atom stereocenters. The van der Waals surface area contributed by atoms with Crippen molar-refractivity contribution in [1.82, 2.24) is 4.90 Å². The Balaban J connectivity index is 2.16. The van der Waals surface area contributed by atoms with Gasteiger partial charge in [0.2, 0.25) is 0 Å². The van der Waals surface area contributed by atoms with E-state index < -0.39 is 0 Å². The molecule has 0 bridgehead atoms. The highest BCUT2D eigenvalue weighted by Crippen LogP contribution is 2.30. The largest absolute Gasteiger partial charge is 0.303 e. The summed E-state index contributed by atoms with van der Waals surface area (Å²) in [5, 5.41) is 0. The highest BCUT2D eigenvalue weighted by Gasteiger charge is 2.30. The highest BCUT2D eigenvalue weighted by atomic mass is 16.1. The van der Waals surface area contributed by atoms with Crippen molar-refractivity contribution < 1.29 is 4.79 Å². The number of aldehydes is 1. The molecule has 2 nitrogen and oxygen atoms in total. The molecule has 1 aliphatic heterocycles. The first-order valence-electron chi connectivity index (χ1n) is 5.39. The molecule has 0 fully saturated rings. The topological polar surface area (TPSA) is 20.3 Å². The molecule has 0 N–H and O–H groups in total. The molecular weight excluding hydrogens is 186 g/mol. The van der Waals surface area contributed by atoms with Gasteiger partial charge < -0.3 is 4.79 Å². The van der Waals surface area contributed by atoms with Gasteiger partial charge in [-0.15, -0.1) is 0 Å². The molecule has 1 heterocycles. The summed E-state index contributed by atoms with van der Waals surface area (Å²) in [5.74, 6) is 0. The molecule has 0 saturated heterocycles. The lowest BCUT2D eigenvalue weighted by molar-refractivity contribution is -0.110. The molecule has 0 saturated carbocycles. The number of nitrogens with zero attached hydrogens (tertiary/aromatic N) is 1. The average Bonchev–Trinajstić information content (AvgIpc) is 2.61. The molecule has 2 heteroatoms. The lowest BCUT2D eigenvalue weighted by Crippen LogP contribution is -2.40. The van der Waals surface area contributed by atoms with E-state index in [-0.39, 0.29) is 5.54 Å². The Kier molecular flexibility index (Phi) is 2.61. The van der Waals surface area contributed by atoms with E-state index in [2.05, 4.69) is 43.0 Å². The molecule has 0 aliphatic carbocycles. The van der Waals surface area contributed by atoms with E-state index in [1.165, 1.54) is 11.1 Å². The lowest BCUT2D eigenvalue weighted by Gasteiger charge is -2.33. The monoisotopic (exact) mass is 203 g/mol. The first-order chi connectivity index (χ1) is 7.13. The van der Waals surface area contributed by atoms with Crippen LogP contribution in [0.1, 0.15) is 31.4 Å². The van der Waals surface area contributed by atoms with Gasteiger partial charge in [0.1, 0.15) is 6.29 Å². The van der Waals surface area contributed by atoms with Crippen molar-refractivity contribution in [1.29, 1.82) is 0 Å². The van der Waals surface area contributed by atoms with Crippen molar-refractivity contribution in [2.24, 2.45) is 0 Å². The average molecular weight is 203 g/mol. The Bertz CT molecular complexity index is 346. The summed E-state index contributed by atoms with van der Waals surface area (Å²) in [7, 11) is 0. The number of rotatable bonds is 3. The second kappa shape index (κ2) is 3.78. The molecule has 0 aromatic heterocycles. The van der Waals surface area contributed by atoms with Gasteiger partial charge in [-0.3, -0.25) is 4.90 Å². The number of hydrogen-bond donors (Lipinski definition) is 0. The van der Waals surface area contributed by atoms with Crippen molar-refractivity contribution >= 4 is 6.29 Å². The first kappa shape index (κ1) is 10.4. The normalized spacial score (nSPS) is 16.4. The van der Waals surface area contributed by atoms with Crippen LogP contribution in [-0.2, 0) is 17.9 Å². The summed E-state index contributed by atoms with van der Waals surface area (Å²) in [5.41, 5.74) is 2.77. The number of carbonyl (C=O) groups excluding carboxylic acids is 1. The van der Waals surface area contributed by atoms with E-state index >= 15 is 0 Å². The van der Waals surface area contributed by atoms with Crippen LogP contribution in [0.5, 0.6) is 0 Å². The van der Waals surface area contributed by atoms with Crippen LogP contribution < -0.4 is 0 Å². The quantitative estimate of drug-likeness (QED) is 0.703. The van der Waals surface area contributed by atoms with Gasteiger partial charge in [-0.2, -0.15) is 0 Å². The number of hydrogen-bond acceptors (Lipinski definition) is 2. The molecule has 1 aromatic carbocycles. The summed E-state index contributed by atoms with van der Waals surface area (Å²) in [6.45, 7) is 6.20. The van der Waals surface area contributed by atoms with Gasteiger partial charge in [0.15, 0.2) is 0 Å². The molecule has 2 rings (SSSR count). The summed E-state index contributed by atoms with van der Waals surface area (Å²) in [4.78, 5) is 13.0. The second-order valence-corrected chi connectivity index (χ2v) is 4.81. The van der Waals surface area contributed by atoms with Crippen LogP contribution in [0.15, 0.2) is 24.3 Å². The number of benzene rings is 1. The van der Waals surface area contributed by atoms with Gasteiger partial charge in [-0.25, -0.2) is 0 Å². The van der Waals surface area contributed by atoms with Gasteiger partial charge >= 0.3 is 0 Å². The van der Waals surface area contributed by atoms with E-state index in [4.69, 9.17) is 0 Å². The molecular formula is C13H17NO. The minimum Gasteiger partial charge on any atom is -0.303 e. The van der Waals surface area contributed by atoms with Crippen LogP contribution in [0.2, 0.25) is 0 Å². The van der Waals surface area contributed by atoms with E-state index in [9.17, 15) is 4.79 Å². The molecule has 0 radical (unpaired) electrons. The minimum atomic E-state index is -0.0270. The predicted octanol–water partition coefficient (Wildman–Crippen LogP) is 2.37. The van der Waals surface area contributed by atoms with Crippen LogP contribution in [0.25, 0.3) is 0 Å². The van der Waals surface area contributed by atoms with Crippen LogP contribution in [0, 0.1) is 0 Å². The van der Waals surface area contributed by atoms with E-state index in [0.717, 1.165) is 19.4 Å². The first-order valence-corrected chi connectivity index (χ1v) is 5.39. The van der Waals surface area contributed by atoms with E-state index in [1.54, 1.807) is 0 Å². The molecule has 15 heavy (non-hydrogen) atoms. The Morgan fingerprint density at radius 3 is 2.27 bits per heavy atom. The third-order valence-electron chi connectivity index (χ3n) is 3.28. The van der Waals surface area contributed by atoms with Gasteiger partial charge in [0, 0.05) is 25.0 Å². The van der Waals surface area contributed by atoms with Gasteiger partial charge in [-0.05, 0) is 25.0 Å². The SMILES string of the molecule is CC(C)(CC=O)N1Cc2ccccc2C1. The third-order valence-corrected chi connectivity index (χ3v) is 3.28. The van der Waals surface area contributed by atoms with Crippen molar-refractivity contribution in [2.75, 3.05) is 0 Å². The maximum atomic E-state index is 10.6. The third kappa shape index (κ3) is 1.95. The Morgan fingerprint density at radius 2 is 1.80 bits per heavy atom. The van der Waals surface area contributed by atoms with Crippen molar-refractivity contribution in [3.05, 3.63) is 35.4 Å². The number of carbonyl (C=O) groups is 1. The van der Waals surface area contributed by atoms with E-state index in [1.807, 2.05) is 0 Å². The fourth-order valence-electron chi connectivity index (χ4n) is 2.09. The van der Waals surface area contributed by atoms with Gasteiger partial charge in [-0.1, -0.05) is 24.3 Å².